The quantitative estimate of drug-likeness (QED) is 0.530. The van der Waals surface area contributed by atoms with Crippen LogP contribution in [0.3, 0.4) is 0 Å². The molecule has 8 heteroatoms. The fourth-order valence-electron chi connectivity index (χ4n) is 5.12. The number of hydrogen-bond acceptors (Lipinski definition) is 4. The number of piperidine rings is 1. The average molecular weight is 491 g/mol. The second-order valence-corrected chi connectivity index (χ2v) is 13.2. The summed E-state index contributed by atoms with van der Waals surface area (Å²) in [7, 11) is -3.55. The van der Waals surface area contributed by atoms with Crippen LogP contribution in [0.25, 0.3) is 10.9 Å². The molecule has 0 bridgehead atoms. The van der Waals surface area contributed by atoms with Crippen molar-refractivity contribution >= 4 is 26.8 Å². The molecule has 1 amide bonds. The van der Waals surface area contributed by atoms with Crippen molar-refractivity contribution in [2.24, 2.45) is 17.1 Å². The summed E-state index contributed by atoms with van der Waals surface area (Å²) in [4.78, 5) is 16.8. The van der Waals surface area contributed by atoms with E-state index in [9.17, 15) is 13.2 Å². The summed E-state index contributed by atoms with van der Waals surface area (Å²) in [6.45, 7) is 12.5. The van der Waals surface area contributed by atoms with Crippen LogP contribution in [0, 0.1) is 11.3 Å². The van der Waals surface area contributed by atoms with Gasteiger partial charge in [0, 0.05) is 42.7 Å². The maximum absolute atomic E-state index is 14.1. The highest BCUT2D eigenvalue weighted by atomic mass is 32.2. The largest absolute Gasteiger partial charge is 0.370 e. The van der Waals surface area contributed by atoms with E-state index < -0.39 is 20.7 Å². The van der Waals surface area contributed by atoms with Gasteiger partial charge in [0.2, 0.25) is 15.9 Å². The number of fused-ring (bicyclic) bond motifs is 1. The number of benzene rings is 1. The molecule has 1 aliphatic rings. The number of aromatic amines is 1. The minimum Gasteiger partial charge on any atom is -0.370 e. The second-order valence-electron chi connectivity index (χ2n) is 11.1. The molecule has 2 heterocycles. The number of nitrogens with one attached hydrogen (secondary N) is 1. The standard InChI is InChI=1S/C26H42N4O3S/c1-19(2)30(15-12-21-17-28-23-9-7-6-8-22(21)23)34(32,33)24(26(3,4)5)18-29-13-10-20(11-14-29)16-25(27)31/h6-9,17,19-20,24,28H,10-16,18H2,1-5H3,(H2,27,31). The predicted octanol–water partition coefficient (Wildman–Crippen LogP) is 3.75. The van der Waals surface area contributed by atoms with Gasteiger partial charge in [-0.3, -0.25) is 4.79 Å². The highest BCUT2D eigenvalue weighted by molar-refractivity contribution is 7.89. The molecule has 1 fully saturated rings. The molecule has 0 saturated carbocycles. The SMILES string of the molecule is CC(C)N(CCc1c[nH]c2ccccc12)S(=O)(=O)C(CN1CCC(CC(N)=O)CC1)C(C)(C)C. The maximum atomic E-state index is 14.1. The first-order valence-corrected chi connectivity index (χ1v) is 14.0. The number of para-hydroxylation sites is 1. The average Bonchev–Trinajstić information content (AvgIpc) is 3.14. The predicted molar refractivity (Wildman–Crippen MR) is 139 cm³/mol. The van der Waals surface area contributed by atoms with Crippen LogP contribution in [0.2, 0.25) is 0 Å². The minimum absolute atomic E-state index is 0.124. The van der Waals surface area contributed by atoms with Crippen molar-refractivity contribution in [1.29, 1.82) is 0 Å². The molecular weight excluding hydrogens is 448 g/mol. The molecule has 2 aromatic rings. The third kappa shape index (κ3) is 6.40. The van der Waals surface area contributed by atoms with Gasteiger partial charge in [-0.15, -0.1) is 0 Å². The Morgan fingerprint density at radius 2 is 1.85 bits per heavy atom. The Labute approximate surface area is 205 Å². The molecule has 190 valence electrons. The van der Waals surface area contributed by atoms with Crippen molar-refractivity contribution in [2.75, 3.05) is 26.2 Å². The van der Waals surface area contributed by atoms with Crippen LogP contribution in [0.15, 0.2) is 30.5 Å². The molecule has 1 aromatic carbocycles. The van der Waals surface area contributed by atoms with E-state index in [1.165, 1.54) is 0 Å². The zero-order valence-electron chi connectivity index (χ0n) is 21.4. The van der Waals surface area contributed by atoms with Crippen molar-refractivity contribution in [3.63, 3.8) is 0 Å². The number of likely N-dealkylation sites (tertiary alicyclic amines) is 1. The number of hydrogen-bond donors (Lipinski definition) is 2. The number of nitrogens with two attached hydrogens (primary N) is 1. The lowest BCUT2D eigenvalue weighted by molar-refractivity contribution is -0.119. The van der Waals surface area contributed by atoms with Crippen molar-refractivity contribution in [3.05, 3.63) is 36.0 Å². The van der Waals surface area contributed by atoms with Crippen LogP contribution < -0.4 is 5.73 Å². The molecule has 7 nitrogen and oxygen atoms in total. The Morgan fingerprint density at radius 1 is 1.21 bits per heavy atom. The smallest absolute Gasteiger partial charge is 0.219 e. The van der Waals surface area contributed by atoms with Gasteiger partial charge >= 0.3 is 0 Å². The molecule has 34 heavy (non-hydrogen) atoms. The molecule has 0 spiro atoms. The summed E-state index contributed by atoms with van der Waals surface area (Å²) in [5.74, 6) is 0.0538. The van der Waals surface area contributed by atoms with E-state index in [0.29, 0.717) is 31.8 Å². The number of carbonyl (C=O) groups is 1. The van der Waals surface area contributed by atoms with Crippen LogP contribution >= 0.6 is 0 Å². The number of aromatic nitrogens is 1. The van der Waals surface area contributed by atoms with Gasteiger partial charge < -0.3 is 15.6 Å². The fraction of sp³-hybridized carbons (Fsp3) is 0.654. The Kier molecular flexibility index (Phi) is 8.47. The lowest BCUT2D eigenvalue weighted by Gasteiger charge is -2.41. The number of sulfonamides is 1. The normalized spacial score (nSPS) is 17.6. The van der Waals surface area contributed by atoms with E-state index >= 15 is 0 Å². The first kappa shape index (κ1) is 26.7. The number of rotatable bonds is 10. The molecule has 0 radical (unpaired) electrons. The molecule has 3 N–H and O–H groups in total. The Hall–Kier alpha value is -1.90. The van der Waals surface area contributed by atoms with Crippen molar-refractivity contribution in [3.8, 4) is 0 Å². The maximum Gasteiger partial charge on any atom is 0.219 e. The van der Waals surface area contributed by atoms with E-state index in [0.717, 1.165) is 42.4 Å². The molecule has 1 aliphatic heterocycles. The van der Waals surface area contributed by atoms with Crippen LogP contribution in [-0.4, -0.2) is 66.0 Å². The zero-order chi connectivity index (χ0) is 25.1. The van der Waals surface area contributed by atoms with Gasteiger partial charge in [-0.1, -0.05) is 39.0 Å². The van der Waals surface area contributed by atoms with E-state index in [-0.39, 0.29) is 11.9 Å². The fourth-order valence-corrected chi connectivity index (χ4v) is 7.67. The second kappa shape index (κ2) is 10.8. The van der Waals surface area contributed by atoms with Crippen LogP contribution in [0.4, 0.5) is 0 Å². The van der Waals surface area contributed by atoms with E-state index in [2.05, 4.69) is 16.0 Å². The van der Waals surface area contributed by atoms with E-state index in [1.807, 2.05) is 59.0 Å². The zero-order valence-corrected chi connectivity index (χ0v) is 22.2. The Morgan fingerprint density at radius 3 is 2.44 bits per heavy atom. The van der Waals surface area contributed by atoms with Gasteiger partial charge in [0.25, 0.3) is 0 Å². The minimum atomic E-state index is -3.55. The lowest BCUT2D eigenvalue weighted by Crippen LogP contribution is -2.53. The number of H-pyrrole nitrogens is 1. The van der Waals surface area contributed by atoms with Gasteiger partial charge in [-0.2, -0.15) is 4.31 Å². The molecule has 3 rings (SSSR count). The number of amides is 1. The topological polar surface area (TPSA) is 99.5 Å². The summed E-state index contributed by atoms with van der Waals surface area (Å²) in [6.07, 6.45) is 4.84. The van der Waals surface area contributed by atoms with Crippen molar-refractivity contribution in [1.82, 2.24) is 14.2 Å². The summed E-state index contributed by atoms with van der Waals surface area (Å²) < 4.78 is 29.8. The summed E-state index contributed by atoms with van der Waals surface area (Å²) >= 11 is 0. The molecule has 1 unspecified atom stereocenters. The van der Waals surface area contributed by atoms with Crippen LogP contribution in [-0.2, 0) is 21.2 Å². The molecule has 1 atom stereocenters. The van der Waals surface area contributed by atoms with Gasteiger partial charge in [0.15, 0.2) is 0 Å². The van der Waals surface area contributed by atoms with Gasteiger partial charge in [0.1, 0.15) is 0 Å². The van der Waals surface area contributed by atoms with Gasteiger partial charge in [-0.05, 0) is 69.2 Å². The van der Waals surface area contributed by atoms with E-state index in [1.54, 1.807) is 4.31 Å². The summed E-state index contributed by atoms with van der Waals surface area (Å²) in [5, 5.41) is 0.632. The van der Waals surface area contributed by atoms with Crippen LogP contribution in [0.1, 0.15) is 59.4 Å². The highest BCUT2D eigenvalue weighted by Gasteiger charge is 2.42. The monoisotopic (exact) mass is 490 g/mol. The Bertz CT molecular complexity index is 1060. The van der Waals surface area contributed by atoms with Gasteiger partial charge in [-0.25, -0.2) is 8.42 Å². The molecular formula is C26H42N4O3S. The number of carbonyl (C=O) groups excluding carboxylic acids is 1. The van der Waals surface area contributed by atoms with Crippen molar-refractivity contribution < 1.29 is 13.2 Å². The Balaban J connectivity index is 1.75. The molecule has 1 aromatic heterocycles. The molecule has 1 saturated heterocycles. The third-order valence-corrected chi connectivity index (χ3v) is 9.96. The van der Waals surface area contributed by atoms with Gasteiger partial charge in [0.05, 0.1) is 5.25 Å². The number of nitrogens with zero attached hydrogens (tertiary/aromatic N) is 2. The first-order valence-electron chi connectivity index (χ1n) is 12.5. The van der Waals surface area contributed by atoms with E-state index in [4.69, 9.17) is 5.73 Å². The molecule has 0 aliphatic carbocycles. The van der Waals surface area contributed by atoms with Crippen molar-refractivity contribution in [2.45, 2.75) is 71.6 Å². The lowest BCUT2D eigenvalue weighted by atomic mass is 9.89. The summed E-state index contributed by atoms with van der Waals surface area (Å²) in [5.41, 5.74) is 7.18. The summed E-state index contributed by atoms with van der Waals surface area (Å²) in [6, 6.07) is 8.01. The third-order valence-electron chi connectivity index (χ3n) is 7.13. The highest BCUT2D eigenvalue weighted by Crippen LogP contribution is 2.32. The first-order chi connectivity index (χ1) is 15.9. The van der Waals surface area contributed by atoms with Crippen LogP contribution in [0.5, 0.6) is 0 Å². The number of primary amides is 1.